The van der Waals surface area contributed by atoms with Crippen molar-refractivity contribution in [3.8, 4) is 12.1 Å². The molecule has 0 aromatic heterocycles. The van der Waals surface area contributed by atoms with Crippen molar-refractivity contribution in [1.29, 1.82) is 10.5 Å². The molecule has 158 valence electrons. The van der Waals surface area contributed by atoms with Crippen LogP contribution in [0.5, 0.6) is 0 Å². The van der Waals surface area contributed by atoms with E-state index < -0.39 is 21.4 Å². The molecule has 32 heavy (non-hydrogen) atoms. The van der Waals surface area contributed by atoms with Crippen LogP contribution in [0.3, 0.4) is 0 Å². The van der Waals surface area contributed by atoms with Crippen LogP contribution in [0, 0.1) is 35.0 Å². The fourth-order valence-electron chi connectivity index (χ4n) is 4.27. The first kappa shape index (κ1) is 21.4. The van der Waals surface area contributed by atoms with Crippen LogP contribution < -0.4 is 4.31 Å². The van der Waals surface area contributed by atoms with Gasteiger partial charge in [-0.05, 0) is 36.2 Å². The third kappa shape index (κ3) is 3.36. The van der Waals surface area contributed by atoms with Crippen LogP contribution in [0.25, 0.3) is 0 Å². The quantitative estimate of drug-likeness (QED) is 0.555. The van der Waals surface area contributed by atoms with Gasteiger partial charge < -0.3 is 0 Å². The van der Waals surface area contributed by atoms with E-state index in [2.05, 4.69) is 18.7 Å². The van der Waals surface area contributed by atoms with Gasteiger partial charge in [0.25, 0.3) is 10.0 Å². The first-order valence-electron chi connectivity index (χ1n) is 10.1. The van der Waals surface area contributed by atoms with Crippen LogP contribution in [-0.2, 0) is 16.4 Å². The fourth-order valence-corrected chi connectivity index (χ4v) is 5.80. The van der Waals surface area contributed by atoms with E-state index in [0.717, 1.165) is 11.1 Å². The van der Waals surface area contributed by atoms with Crippen LogP contribution in [0.1, 0.15) is 22.6 Å². The molecule has 1 atom stereocenters. The Hall–Kier alpha value is -3.87. The maximum atomic E-state index is 13.6. The van der Waals surface area contributed by atoms with Gasteiger partial charge in [0, 0.05) is 12.1 Å². The molecule has 1 heterocycles. The van der Waals surface area contributed by atoms with E-state index in [9.17, 15) is 18.9 Å². The number of rotatable bonds is 5. The number of hydrogen-bond donors (Lipinski definition) is 0. The molecule has 4 rings (SSSR count). The van der Waals surface area contributed by atoms with Crippen molar-refractivity contribution in [3.05, 3.63) is 108 Å². The largest absolute Gasteiger partial charge is 0.268 e. The fraction of sp³-hybridized carbons (Fsp3) is 0.154. The number of allylic oxidation sites excluding steroid dienone is 1. The minimum atomic E-state index is -3.99. The molecule has 0 aliphatic carbocycles. The Kier molecular flexibility index (Phi) is 5.34. The molecule has 3 aromatic rings. The molecule has 0 spiro atoms. The summed E-state index contributed by atoms with van der Waals surface area (Å²) in [6, 6.07) is 27.2. The average molecular weight is 440 g/mol. The summed E-state index contributed by atoms with van der Waals surface area (Å²) in [4.78, 5) is 0.127. The van der Waals surface area contributed by atoms with Crippen LogP contribution in [0.4, 0.5) is 5.69 Å². The zero-order valence-electron chi connectivity index (χ0n) is 17.6. The number of benzene rings is 3. The predicted molar refractivity (Wildman–Crippen MR) is 123 cm³/mol. The maximum absolute atomic E-state index is 13.6. The highest BCUT2D eigenvalue weighted by atomic mass is 32.2. The molecule has 0 N–H and O–H groups in total. The van der Waals surface area contributed by atoms with Crippen LogP contribution in [0.15, 0.2) is 96.0 Å². The van der Waals surface area contributed by atoms with Gasteiger partial charge in [0.15, 0.2) is 5.41 Å². The van der Waals surface area contributed by atoms with Crippen molar-refractivity contribution in [1.82, 2.24) is 0 Å². The molecule has 0 fully saturated rings. The molecule has 0 amide bonds. The Balaban J connectivity index is 1.87. The molecule has 1 aliphatic rings. The van der Waals surface area contributed by atoms with Gasteiger partial charge in [-0.3, -0.25) is 0 Å². The summed E-state index contributed by atoms with van der Waals surface area (Å²) in [5.41, 5.74) is 1.47. The lowest BCUT2D eigenvalue weighted by molar-refractivity contribution is 0.455. The Morgan fingerprint density at radius 2 is 1.53 bits per heavy atom. The zero-order valence-corrected chi connectivity index (χ0v) is 18.4. The molecular weight excluding hydrogens is 418 g/mol. The summed E-state index contributed by atoms with van der Waals surface area (Å²) in [6.07, 6.45) is 0.150. The predicted octanol–water partition coefficient (Wildman–Crippen LogP) is 5.08. The van der Waals surface area contributed by atoms with Gasteiger partial charge >= 0.3 is 0 Å². The van der Waals surface area contributed by atoms with E-state index >= 15 is 0 Å². The summed E-state index contributed by atoms with van der Waals surface area (Å²) in [6.45, 7) is 5.97. The minimum Gasteiger partial charge on any atom is -0.238 e. The second-order valence-electron chi connectivity index (χ2n) is 7.92. The average Bonchev–Trinajstić information content (AvgIpc) is 3.11. The van der Waals surface area contributed by atoms with Gasteiger partial charge in [-0.15, -0.1) is 0 Å². The Labute approximate surface area is 188 Å². The van der Waals surface area contributed by atoms with Gasteiger partial charge in [-0.2, -0.15) is 10.5 Å². The Morgan fingerprint density at radius 1 is 0.938 bits per heavy atom. The lowest BCUT2D eigenvalue weighted by atomic mass is 9.70. The second-order valence-corrected chi connectivity index (χ2v) is 9.71. The third-order valence-corrected chi connectivity index (χ3v) is 7.62. The van der Waals surface area contributed by atoms with Gasteiger partial charge in [-0.1, -0.05) is 72.8 Å². The number of fused-ring (bicyclic) bond motifs is 1. The SMILES string of the molecule is C=C1[C@@H](C(C#N)(C#N)Cc2ccccc2)c2ccccc2N1S(=O)(=O)c1ccc(C)cc1. The number of aryl methyl sites for hydroxylation is 1. The van der Waals surface area contributed by atoms with Gasteiger partial charge in [0.1, 0.15) is 0 Å². The van der Waals surface area contributed by atoms with E-state index in [0.29, 0.717) is 11.3 Å². The molecular formula is C26H21N3O2S. The van der Waals surface area contributed by atoms with Gasteiger partial charge in [0.05, 0.1) is 28.6 Å². The first-order chi connectivity index (χ1) is 15.3. The summed E-state index contributed by atoms with van der Waals surface area (Å²) in [7, 11) is -3.99. The molecule has 0 bridgehead atoms. The van der Waals surface area contributed by atoms with E-state index in [4.69, 9.17) is 0 Å². The first-order valence-corrected chi connectivity index (χ1v) is 11.5. The lowest BCUT2D eigenvalue weighted by Gasteiger charge is -2.29. The third-order valence-electron chi connectivity index (χ3n) is 5.84. The molecule has 6 heteroatoms. The highest BCUT2D eigenvalue weighted by Crippen LogP contribution is 2.54. The number of anilines is 1. The molecule has 5 nitrogen and oxygen atoms in total. The van der Waals surface area contributed by atoms with E-state index in [1.807, 2.05) is 37.3 Å². The minimum absolute atomic E-state index is 0.127. The van der Waals surface area contributed by atoms with Crippen molar-refractivity contribution in [2.45, 2.75) is 24.2 Å². The van der Waals surface area contributed by atoms with Gasteiger partial charge in [0.2, 0.25) is 0 Å². The monoisotopic (exact) mass is 439 g/mol. The van der Waals surface area contributed by atoms with Crippen LogP contribution in [0.2, 0.25) is 0 Å². The summed E-state index contributed by atoms with van der Waals surface area (Å²) < 4.78 is 28.4. The molecule has 3 aromatic carbocycles. The summed E-state index contributed by atoms with van der Waals surface area (Å²) >= 11 is 0. The van der Waals surface area contributed by atoms with Crippen molar-refractivity contribution < 1.29 is 8.42 Å². The second kappa shape index (κ2) is 8.00. The smallest absolute Gasteiger partial charge is 0.238 e. The van der Waals surface area contributed by atoms with E-state index in [-0.39, 0.29) is 17.0 Å². The van der Waals surface area contributed by atoms with E-state index in [1.165, 1.54) is 4.31 Å². The van der Waals surface area contributed by atoms with Crippen molar-refractivity contribution in [3.63, 3.8) is 0 Å². The summed E-state index contributed by atoms with van der Waals surface area (Å²) in [5, 5.41) is 20.4. The van der Waals surface area contributed by atoms with Crippen LogP contribution in [-0.4, -0.2) is 8.42 Å². The number of para-hydroxylation sites is 1. The highest BCUT2D eigenvalue weighted by molar-refractivity contribution is 7.93. The molecule has 1 aliphatic heterocycles. The topological polar surface area (TPSA) is 85.0 Å². The lowest BCUT2D eigenvalue weighted by Crippen LogP contribution is -2.33. The van der Waals surface area contributed by atoms with Crippen molar-refractivity contribution >= 4 is 15.7 Å². The number of nitrogens with zero attached hydrogens (tertiary/aromatic N) is 3. The normalized spacial score (nSPS) is 15.7. The number of sulfonamides is 1. The van der Waals surface area contributed by atoms with Crippen molar-refractivity contribution in [2.75, 3.05) is 4.31 Å². The standard InChI is InChI=1S/C26H21N3O2S/c1-19-12-14-22(15-13-19)32(30,31)29-20(2)25(23-10-6-7-11-24(23)29)26(17-27,18-28)16-21-8-4-3-5-9-21/h3-15,25H,2,16H2,1H3/t25-/m1/s1. The Bertz CT molecular complexity index is 1350. The number of hydrogen-bond acceptors (Lipinski definition) is 4. The highest BCUT2D eigenvalue weighted by Gasteiger charge is 2.51. The van der Waals surface area contributed by atoms with E-state index in [1.54, 1.807) is 48.5 Å². The maximum Gasteiger partial charge on any atom is 0.268 e. The summed E-state index contributed by atoms with van der Waals surface area (Å²) in [5.74, 6) is -0.797. The van der Waals surface area contributed by atoms with Crippen molar-refractivity contribution in [2.24, 2.45) is 5.41 Å². The molecule has 0 saturated heterocycles. The number of nitriles is 2. The molecule has 0 saturated carbocycles. The molecule has 0 radical (unpaired) electrons. The van der Waals surface area contributed by atoms with Crippen LogP contribution >= 0.6 is 0 Å². The van der Waals surface area contributed by atoms with Gasteiger partial charge in [-0.25, -0.2) is 12.7 Å². The zero-order chi connectivity index (χ0) is 22.9. The molecule has 0 unspecified atom stereocenters. The Morgan fingerprint density at radius 3 is 2.16 bits per heavy atom.